The van der Waals surface area contributed by atoms with E-state index in [1.54, 1.807) is 42.5 Å². The fraction of sp³-hybridized carbons (Fsp3) is 0.0833. The number of carbonyl (C=O) groups excluding carboxylic acids is 3. The molecule has 0 aliphatic heterocycles. The molecule has 0 fully saturated rings. The maximum absolute atomic E-state index is 12.8. The summed E-state index contributed by atoms with van der Waals surface area (Å²) < 4.78 is 1.89. The van der Waals surface area contributed by atoms with Crippen molar-refractivity contribution in [2.75, 3.05) is 5.32 Å². The summed E-state index contributed by atoms with van der Waals surface area (Å²) in [5.74, 6) is -0.642. The van der Waals surface area contributed by atoms with Crippen LogP contribution in [-0.2, 0) is 11.2 Å². The Morgan fingerprint density at radius 2 is 1.63 bits per heavy atom. The van der Waals surface area contributed by atoms with Crippen LogP contribution in [0.2, 0.25) is 0 Å². The van der Waals surface area contributed by atoms with Crippen LogP contribution < -0.4 is 5.32 Å². The van der Waals surface area contributed by atoms with Crippen LogP contribution in [0.1, 0.15) is 43.1 Å². The van der Waals surface area contributed by atoms with Gasteiger partial charge in [0.1, 0.15) is 5.65 Å². The molecule has 2 aromatic heterocycles. The molecule has 6 nitrogen and oxygen atoms in total. The zero-order valence-electron chi connectivity index (χ0n) is 16.2. The molecule has 30 heavy (non-hydrogen) atoms. The van der Waals surface area contributed by atoms with Gasteiger partial charge in [-0.05, 0) is 36.8 Å². The molecule has 0 bridgehead atoms. The molecule has 0 unspecified atom stereocenters. The Hall–Kier alpha value is -4.06. The Labute approximate surface area is 172 Å². The number of hydrogen-bond donors (Lipinski definition) is 1. The average Bonchev–Trinajstić information content (AvgIpc) is 3.15. The van der Waals surface area contributed by atoms with E-state index in [0.717, 1.165) is 11.2 Å². The number of hydrogen-bond acceptors (Lipinski definition) is 4. The van der Waals surface area contributed by atoms with Gasteiger partial charge in [-0.3, -0.25) is 14.4 Å². The van der Waals surface area contributed by atoms with Crippen LogP contribution in [0.5, 0.6) is 0 Å². The quantitative estimate of drug-likeness (QED) is 0.506. The minimum atomic E-state index is -0.244. The van der Waals surface area contributed by atoms with Crippen LogP contribution >= 0.6 is 0 Å². The molecule has 0 spiro atoms. The zero-order chi connectivity index (χ0) is 20.8. The van der Waals surface area contributed by atoms with Crippen LogP contribution in [0, 0.1) is 6.92 Å². The first-order chi connectivity index (χ1) is 14.5. The third-order valence-corrected chi connectivity index (χ3v) is 5.28. The van der Waals surface area contributed by atoms with Crippen LogP contribution in [0.25, 0.3) is 5.65 Å². The molecule has 4 aromatic rings. The van der Waals surface area contributed by atoms with Gasteiger partial charge in [-0.1, -0.05) is 30.3 Å². The predicted molar refractivity (Wildman–Crippen MR) is 112 cm³/mol. The van der Waals surface area contributed by atoms with Gasteiger partial charge in [0.25, 0.3) is 0 Å². The number of pyridine rings is 1. The number of nitrogens with zero attached hydrogens (tertiary/aromatic N) is 2. The number of aromatic nitrogens is 2. The summed E-state index contributed by atoms with van der Waals surface area (Å²) in [4.78, 5) is 42.6. The van der Waals surface area contributed by atoms with Gasteiger partial charge in [0, 0.05) is 40.3 Å². The number of carbonyl (C=O) groups is 3. The van der Waals surface area contributed by atoms with Crippen molar-refractivity contribution < 1.29 is 14.4 Å². The highest BCUT2D eigenvalue weighted by Gasteiger charge is 2.29. The van der Waals surface area contributed by atoms with Crippen LogP contribution in [0.3, 0.4) is 0 Å². The van der Waals surface area contributed by atoms with Gasteiger partial charge in [0.05, 0.1) is 12.1 Å². The molecule has 1 N–H and O–H groups in total. The van der Waals surface area contributed by atoms with E-state index in [-0.39, 0.29) is 23.9 Å². The maximum atomic E-state index is 12.8. The third-order valence-electron chi connectivity index (χ3n) is 5.28. The molecular weight excluding hydrogens is 378 g/mol. The highest BCUT2D eigenvalue weighted by atomic mass is 16.2. The number of rotatable bonds is 3. The fourth-order valence-corrected chi connectivity index (χ4v) is 3.84. The predicted octanol–water partition coefficient (Wildman–Crippen LogP) is 3.60. The number of ketones is 2. The lowest BCUT2D eigenvalue weighted by Gasteiger charge is -2.18. The molecule has 5 rings (SSSR count). The van der Waals surface area contributed by atoms with Gasteiger partial charge in [-0.15, -0.1) is 0 Å². The van der Waals surface area contributed by atoms with Gasteiger partial charge >= 0.3 is 0 Å². The molecule has 0 saturated carbocycles. The second kappa shape index (κ2) is 6.77. The highest BCUT2D eigenvalue weighted by Crippen LogP contribution is 2.29. The highest BCUT2D eigenvalue weighted by molar-refractivity contribution is 6.28. The Morgan fingerprint density at radius 3 is 2.37 bits per heavy atom. The lowest BCUT2D eigenvalue weighted by molar-refractivity contribution is -0.115. The zero-order valence-corrected chi connectivity index (χ0v) is 16.2. The second-order valence-electron chi connectivity index (χ2n) is 7.34. The standard InChI is InChI=1S/C24H17N3O3/c1-14-5-4-10-27-13-16(26-24(14)27)12-21(28)25-15-8-9-19-20(11-15)23(30)18-7-3-2-6-17(18)22(19)29/h2-11,13H,12H2,1H3,(H,25,28). The van der Waals surface area contributed by atoms with Gasteiger partial charge in [0.2, 0.25) is 5.91 Å². The lowest BCUT2D eigenvalue weighted by atomic mass is 9.84. The topological polar surface area (TPSA) is 80.5 Å². The molecule has 1 aliphatic rings. The van der Waals surface area contributed by atoms with E-state index in [4.69, 9.17) is 0 Å². The number of benzene rings is 2. The molecule has 146 valence electrons. The number of anilines is 1. The van der Waals surface area contributed by atoms with E-state index in [1.807, 2.05) is 35.9 Å². The van der Waals surface area contributed by atoms with E-state index in [0.29, 0.717) is 33.6 Å². The van der Waals surface area contributed by atoms with Crippen molar-refractivity contribution in [3.8, 4) is 0 Å². The summed E-state index contributed by atoms with van der Waals surface area (Å²) >= 11 is 0. The van der Waals surface area contributed by atoms with Crippen molar-refractivity contribution in [1.29, 1.82) is 0 Å². The first-order valence-corrected chi connectivity index (χ1v) is 9.57. The van der Waals surface area contributed by atoms with Crippen molar-refractivity contribution >= 4 is 28.8 Å². The second-order valence-corrected chi connectivity index (χ2v) is 7.34. The number of imidazole rings is 1. The number of fused-ring (bicyclic) bond motifs is 3. The lowest BCUT2D eigenvalue weighted by Crippen LogP contribution is -2.21. The Bertz CT molecular complexity index is 1370. The fourth-order valence-electron chi connectivity index (χ4n) is 3.84. The molecule has 0 saturated heterocycles. The SMILES string of the molecule is Cc1cccn2cc(CC(=O)Nc3ccc4c(c3)C(=O)c3ccccc3C4=O)nc12. The maximum Gasteiger partial charge on any atom is 0.230 e. The Kier molecular flexibility index (Phi) is 4.06. The molecule has 1 aliphatic carbocycles. The minimum Gasteiger partial charge on any atom is -0.326 e. The number of aryl methyl sites for hydroxylation is 1. The first kappa shape index (κ1) is 18.0. The summed E-state index contributed by atoms with van der Waals surface area (Å²) in [5.41, 5.74) is 4.43. The van der Waals surface area contributed by atoms with Gasteiger partial charge in [-0.2, -0.15) is 0 Å². The van der Waals surface area contributed by atoms with E-state index in [9.17, 15) is 14.4 Å². The summed E-state index contributed by atoms with van der Waals surface area (Å²) in [5, 5.41) is 2.81. The van der Waals surface area contributed by atoms with Crippen molar-refractivity contribution in [1.82, 2.24) is 9.38 Å². The van der Waals surface area contributed by atoms with Crippen molar-refractivity contribution in [3.05, 3.63) is 101 Å². The average molecular weight is 395 g/mol. The molecule has 1 amide bonds. The van der Waals surface area contributed by atoms with Crippen LogP contribution in [0.15, 0.2) is 67.0 Å². The largest absolute Gasteiger partial charge is 0.326 e. The number of nitrogens with one attached hydrogen (secondary N) is 1. The van der Waals surface area contributed by atoms with Crippen molar-refractivity contribution in [3.63, 3.8) is 0 Å². The van der Waals surface area contributed by atoms with E-state index in [1.165, 1.54) is 0 Å². The van der Waals surface area contributed by atoms with Gasteiger partial charge in [-0.25, -0.2) is 4.98 Å². The summed E-state index contributed by atoms with van der Waals surface area (Å²) in [6.45, 7) is 1.97. The smallest absolute Gasteiger partial charge is 0.230 e. The normalized spacial score (nSPS) is 12.6. The molecule has 0 radical (unpaired) electrons. The van der Waals surface area contributed by atoms with E-state index < -0.39 is 0 Å². The van der Waals surface area contributed by atoms with Gasteiger partial charge < -0.3 is 9.72 Å². The van der Waals surface area contributed by atoms with E-state index >= 15 is 0 Å². The minimum absolute atomic E-state index is 0.105. The summed E-state index contributed by atoms with van der Waals surface area (Å²) in [6.07, 6.45) is 3.82. The molecule has 0 atom stereocenters. The Balaban J connectivity index is 1.39. The third kappa shape index (κ3) is 2.90. The van der Waals surface area contributed by atoms with Gasteiger partial charge in [0.15, 0.2) is 11.6 Å². The van der Waals surface area contributed by atoms with Crippen molar-refractivity contribution in [2.24, 2.45) is 0 Å². The molecular formula is C24H17N3O3. The van der Waals surface area contributed by atoms with E-state index in [2.05, 4.69) is 10.3 Å². The summed E-state index contributed by atoms with van der Waals surface area (Å²) in [7, 11) is 0. The Morgan fingerprint density at radius 1 is 0.933 bits per heavy atom. The first-order valence-electron chi connectivity index (χ1n) is 9.57. The van der Waals surface area contributed by atoms with Crippen LogP contribution in [-0.4, -0.2) is 26.9 Å². The molecule has 2 heterocycles. The monoisotopic (exact) mass is 395 g/mol. The van der Waals surface area contributed by atoms with Crippen LogP contribution in [0.4, 0.5) is 5.69 Å². The number of amides is 1. The molecule has 6 heteroatoms. The molecule has 2 aromatic carbocycles. The van der Waals surface area contributed by atoms with Crippen molar-refractivity contribution in [2.45, 2.75) is 13.3 Å². The summed E-state index contributed by atoms with van der Waals surface area (Å²) in [6, 6.07) is 15.5.